The summed E-state index contributed by atoms with van der Waals surface area (Å²) in [7, 11) is 0. The Bertz CT molecular complexity index is 209. The second-order valence-electron chi connectivity index (χ2n) is 6.71. The Hall–Kier alpha value is -0.0800. The van der Waals surface area contributed by atoms with E-state index in [1.807, 2.05) is 0 Å². The summed E-state index contributed by atoms with van der Waals surface area (Å²) in [6.45, 7) is 11.3. The van der Waals surface area contributed by atoms with Crippen LogP contribution in [0.15, 0.2) is 0 Å². The highest BCUT2D eigenvalue weighted by molar-refractivity contribution is 4.96. The van der Waals surface area contributed by atoms with Crippen LogP contribution in [-0.4, -0.2) is 18.6 Å². The van der Waals surface area contributed by atoms with Crippen molar-refractivity contribution in [2.24, 2.45) is 17.1 Å². The molecule has 1 fully saturated rings. The molecule has 3 N–H and O–H groups in total. The van der Waals surface area contributed by atoms with Gasteiger partial charge in [0, 0.05) is 12.1 Å². The Morgan fingerprint density at radius 3 is 2.00 bits per heavy atom. The summed E-state index contributed by atoms with van der Waals surface area (Å²) in [6, 6.07) is 0. The lowest BCUT2D eigenvalue weighted by atomic mass is 9.69. The SMILES string of the molecule is CCC(CC)CNC1(CN)CCC(C)(C)CC1. The predicted octanol–water partition coefficient (Wildman–Crippen LogP) is 3.31. The van der Waals surface area contributed by atoms with Gasteiger partial charge in [-0.15, -0.1) is 0 Å². The van der Waals surface area contributed by atoms with Crippen LogP contribution in [0.4, 0.5) is 0 Å². The van der Waals surface area contributed by atoms with Gasteiger partial charge >= 0.3 is 0 Å². The fourth-order valence-corrected chi connectivity index (χ4v) is 2.80. The van der Waals surface area contributed by atoms with E-state index in [2.05, 4.69) is 33.0 Å². The van der Waals surface area contributed by atoms with Crippen LogP contribution in [0.5, 0.6) is 0 Å². The Morgan fingerprint density at radius 1 is 1.06 bits per heavy atom. The third-order valence-corrected chi connectivity index (χ3v) is 4.87. The number of hydrogen-bond donors (Lipinski definition) is 2. The number of nitrogens with two attached hydrogens (primary N) is 1. The van der Waals surface area contributed by atoms with Crippen molar-refractivity contribution in [3.8, 4) is 0 Å². The average Bonchev–Trinajstić information content (AvgIpc) is 2.33. The summed E-state index contributed by atoms with van der Waals surface area (Å²) in [5.41, 5.74) is 6.79. The minimum Gasteiger partial charge on any atom is -0.329 e. The molecule has 0 radical (unpaired) electrons. The molecule has 0 unspecified atom stereocenters. The van der Waals surface area contributed by atoms with E-state index in [9.17, 15) is 0 Å². The zero-order valence-electron chi connectivity index (χ0n) is 12.3. The highest BCUT2D eigenvalue weighted by Crippen LogP contribution is 2.39. The molecule has 0 aromatic carbocycles. The fourth-order valence-electron chi connectivity index (χ4n) is 2.80. The highest BCUT2D eigenvalue weighted by Gasteiger charge is 2.37. The van der Waals surface area contributed by atoms with E-state index in [4.69, 9.17) is 5.73 Å². The molecule has 1 rings (SSSR count). The van der Waals surface area contributed by atoms with Crippen LogP contribution >= 0.6 is 0 Å². The van der Waals surface area contributed by atoms with Gasteiger partial charge in [0.2, 0.25) is 0 Å². The summed E-state index contributed by atoms with van der Waals surface area (Å²) in [4.78, 5) is 0. The lowest BCUT2D eigenvalue weighted by Crippen LogP contribution is -2.55. The molecule has 0 bridgehead atoms. The molecule has 0 spiro atoms. The first-order valence-corrected chi connectivity index (χ1v) is 7.42. The van der Waals surface area contributed by atoms with E-state index < -0.39 is 0 Å². The fraction of sp³-hybridized carbons (Fsp3) is 1.00. The lowest BCUT2D eigenvalue weighted by molar-refractivity contribution is 0.134. The number of hydrogen-bond acceptors (Lipinski definition) is 2. The standard InChI is InChI=1S/C15H32N2/c1-5-13(6-2)11-17-15(12-16)9-7-14(3,4)8-10-15/h13,17H,5-12,16H2,1-4H3. The van der Waals surface area contributed by atoms with Crippen molar-refractivity contribution in [2.75, 3.05) is 13.1 Å². The van der Waals surface area contributed by atoms with Crippen LogP contribution < -0.4 is 11.1 Å². The largest absolute Gasteiger partial charge is 0.329 e. The number of nitrogens with one attached hydrogen (secondary N) is 1. The molecule has 0 atom stereocenters. The predicted molar refractivity (Wildman–Crippen MR) is 76.1 cm³/mol. The van der Waals surface area contributed by atoms with Crippen molar-refractivity contribution in [3.05, 3.63) is 0 Å². The molecule has 102 valence electrons. The maximum atomic E-state index is 6.03. The van der Waals surface area contributed by atoms with Gasteiger partial charge in [-0.05, 0) is 43.6 Å². The summed E-state index contributed by atoms with van der Waals surface area (Å²) < 4.78 is 0. The molecule has 1 aliphatic rings. The molecular formula is C15H32N2. The quantitative estimate of drug-likeness (QED) is 0.747. The molecule has 2 heteroatoms. The van der Waals surface area contributed by atoms with Crippen LogP contribution in [0.2, 0.25) is 0 Å². The van der Waals surface area contributed by atoms with Gasteiger partial charge in [0.15, 0.2) is 0 Å². The lowest BCUT2D eigenvalue weighted by Gasteiger charge is -2.44. The van der Waals surface area contributed by atoms with Gasteiger partial charge in [0.25, 0.3) is 0 Å². The first-order valence-electron chi connectivity index (χ1n) is 7.42. The summed E-state index contributed by atoms with van der Waals surface area (Å²) in [5.74, 6) is 0.813. The zero-order valence-corrected chi connectivity index (χ0v) is 12.3. The van der Waals surface area contributed by atoms with Crippen LogP contribution in [-0.2, 0) is 0 Å². The second-order valence-corrected chi connectivity index (χ2v) is 6.71. The normalized spacial score (nSPS) is 22.9. The van der Waals surface area contributed by atoms with E-state index in [1.165, 1.54) is 38.5 Å². The summed E-state index contributed by atoms with van der Waals surface area (Å²) in [6.07, 6.45) is 7.65. The van der Waals surface area contributed by atoms with Gasteiger partial charge in [-0.3, -0.25) is 0 Å². The maximum absolute atomic E-state index is 6.03. The van der Waals surface area contributed by atoms with Crippen LogP contribution in [0.1, 0.15) is 66.2 Å². The zero-order chi connectivity index (χ0) is 12.9. The molecular weight excluding hydrogens is 208 g/mol. The third kappa shape index (κ3) is 4.26. The Balaban J connectivity index is 2.47. The van der Waals surface area contributed by atoms with Crippen LogP contribution in [0, 0.1) is 11.3 Å². The van der Waals surface area contributed by atoms with E-state index >= 15 is 0 Å². The van der Waals surface area contributed by atoms with Crippen molar-refractivity contribution >= 4 is 0 Å². The van der Waals surface area contributed by atoms with Gasteiger partial charge < -0.3 is 11.1 Å². The monoisotopic (exact) mass is 240 g/mol. The minimum absolute atomic E-state index is 0.234. The van der Waals surface area contributed by atoms with Gasteiger partial charge in [-0.1, -0.05) is 40.5 Å². The minimum atomic E-state index is 0.234. The smallest absolute Gasteiger partial charge is 0.0304 e. The van der Waals surface area contributed by atoms with E-state index in [0.29, 0.717) is 5.41 Å². The first-order chi connectivity index (χ1) is 7.97. The van der Waals surface area contributed by atoms with Crippen LogP contribution in [0.25, 0.3) is 0 Å². The summed E-state index contributed by atoms with van der Waals surface area (Å²) >= 11 is 0. The topological polar surface area (TPSA) is 38.0 Å². The molecule has 0 aromatic rings. The molecule has 0 aliphatic heterocycles. The van der Waals surface area contributed by atoms with E-state index in [1.54, 1.807) is 0 Å². The third-order valence-electron chi connectivity index (χ3n) is 4.87. The molecule has 2 nitrogen and oxygen atoms in total. The van der Waals surface area contributed by atoms with Crippen molar-refractivity contribution in [1.29, 1.82) is 0 Å². The van der Waals surface area contributed by atoms with Gasteiger partial charge in [0.05, 0.1) is 0 Å². The number of rotatable bonds is 6. The molecule has 1 aliphatic carbocycles. The van der Waals surface area contributed by atoms with Gasteiger partial charge in [-0.25, -0.2) is 0 Å². The maximum Gasteiger partial charge on any atom is 0.0304 e. The average molecular weight is 240 g/mol. The first kappa shape index (κ1) is 15.0. The van der Waals surface area contributed by atoms with Crippen LogP contribution in [0.3, 0.4) is 0 Å². The van der Waals surface area contributed by atoms with Crippen molar-refractivity contribution in [2.45, 2.75) is 71.8 Å². The van der Waals surface area contributed by atoms with E-state index in [-0.39, 0.29) is 5.54 Å². The molecule has 1 saturated carbocycles. The van der Waals surface area contributed by atoms with Crippen molar-refractivity contribution in [1.82, 2.24) is 5.32 Å². The molecule has 0 amide bonds. The molecule has 17 heavy (non-hydrogen) atoms. The Labute approximate surface area is 108 Å². The summed E-state index contributed by atoms with van der Waals surface area (Å²) in [5, 5.41) is 3.80. The van der Waals surface area contributed by atoms with Gasteiger partial charge in [0.1, 0.15) is 0 Å². The molecule has 0 aromatic heterocycles. The van der Waals surface area contributed by atoms with Crippen molar-refractivity contribution < 1.29 is 0 Å². The van der Waals surface area contributed by atoms with Gasteiger partial charge in [-0.2, -0.15) is 0 Å². The Morgan fingerprint density at radius 2 is 1.59 bits per heavy atom. The van der Waals surface area contributed by atoms with Crippen molar-refractivity contribution in [3.63, 3.8) is 0 Å². The molecule has 0 heterocycles. The Kier molecular flexibility index (Phi) is 5.46. The highest BCUT2D eigenvalue weighted by atomic mass is 15.0. The molecule has 0 saturated heterocycles. The second kappa shape index (κ2) is 6.19. The van der Waals surface area contributed by atoms with E-state index in [0.717, 1.165) is 19.0 Å².